The van der Waals surface area contributed by atoms with Crippen molar-refractivity contribution in [3.63, 3.8) is 0 Å². The van der Waals surface area contributed by atoms with Gasteiger partial charge >= 0.3 is 0 Å². The van der Waals surface area contributed by atoms with Gasteiger partial charge in [0, 0.05) is 11.1 Å². The van der Waals surface area contributed by atoms with Gasteiger partial charge in [0.15, 0.2) is 16.3 Å². The van der Waals surface area contributed by atoms with Crippen LogP contribution in [0.15, 0.2) is 59.8 Å². The largest absolute Gasteiger partial charge is 0.347 e. The molecule has 9 heteroatoms. The van der Waals surface area contributed by atoms with Crippen LogP contribution < -0.4 is 10.9 Å². The van der Waals surface area contributed by atoms with Gasteiger partial charge in [-0.1, -0.05) is 23.7 Å². The van der Waals surface area contributed by atoms with Gasteiger partial charge in [0.25, 0.3) is 11.5 Å². The average Bonchev–Trinajstić information content (AvgIpc) is 3.17. The van der Waals surface area contributed by atoms with Crippen LogP contribution >= 0.6 is 22.9 Å². The number of thiophene rings is 1. The Morgan fingerprint density at radius 3 is 2.79 bits per heavy atom. The molecule has 0 aliphatic carbocycles. The summed E-state index contributed by atoms with van der Waals surface area (Å²) in [5.41, 5.74) is 2.25. The van der Waals surface area contributed by atoms with Crippen LogP contribution in [0.3, 0.4) is 0 Å². The summed E-state index contributed by atoms with van der Waals surface area (Å²) in [6.45, 7) is 0. The number of hydrogen-bond donors (Lipinski definition) is 1. The molecule has 3 aromatic heterocycles. The lowest BCUT2D eigenvalue weighted by Gasteiger charge is -2.08. The maximum atomic E-state index is 12.3. The van der Waals surface area contributed by atoms with E-state index in [0.29, 0.717) is 26.5 Å². The number of carbonyl (C=O) groups is 1. The number of carbonyl (C=O) groups excluding carboxylic acids is 1. The van der Waals surface area contributed by atoms with Crippen LogP contribution in [0.1, 0.15) is 10.5 Å². The highest BCUT2D eigenvalue weighted by Crippen LogP contribution is 2.35. The van der Waals surface area contributed by atoms with Gasteiger partial charge in [0.05, 0.1) is 22.6 Å². The maximum absolute atomic E-state index is 12.3. The van der Waals surface area contributed by atoms with Gasteiger partial charge in [0.2, 0.25) is 0 Å². The Bertz CT molecular complexity index is 1240. The Morgan fingerprint density at radius 2 is 2.07 bits per heavy atom. The Labute approximate surface area is 177 Å². The molecule has 6 nitrogen and oxygen atoms in total. The van der Waals surface area contributed by atoms with Crippen LogP contribution in [-0.2, 0) is 5.41 Å². The molecule has 28 heavy (non-hydrogen) atoms. The zero-order chi connectivity index (χ0) is 19.7. The van der Waals surface area contributed by atoms with E-state index < -0.39 is 0 Å². The quantitative estimate of drug-likeness (QED) is 0.510. The summed E-state index contributed by atoms with van der Waals surface area (Å²) < 4.78 is 2.49. The van der Waals surface area contributed by atoms with Gasteiger partial charge in [-0.2, -0.15) is 4.98 Å². The molecule has 1 amide bonds. The second-order valence-electron chi connectivity index (χ2n) is 5.89. The first kappa shape index (κ1) is 18.8. The first-order valence-electron chi connectivity index (χ1n) is 8.28. The van der Waals surface area contributed by atoms with Gasteiger partial charge in [-0.3, -0.25) is 14.6 Å². The van der Waals surface area contributed by atoms with Gasteiger partial charge in [-0.15, -0.1) is 11.3 Å². The van der Waals surface area contributed by atoms with E-state index in [1.807, 2.05) is 16.7 Å². The molecule has 0 fully saturated rings. The fourth-order valence-corrected chi connectivity index (χ4v) is 4.31. The standard InChI is InChI=1S/C19H12ClN4O2S.Al/c1-24-10-22-19(26)17-15(24)9-16(27-17)11-5-6-13(12(20)8-11)23-18(25)14-4-2-3-7-21-14;/h2-10H,1H2,(H,23,25);. The monoisotopic (exact) mass is 422 g/mol. The molecular weight excluding hydrogens is 411 g/mol. The Balaban J connectivity index is 1.67. The van der Waals surface area contributed by atoms with Crippen LogP contribution in [0.5, 0.6) is 0 Å². The highest BCUT2D eigenvalue weighted by molar-refractivity contribution is 7.22. The molecular formula is C19H12AlClN4O2S. The summed E-state index contributed by atoms with van der Waals surface area (Å²) in [7, 11) is 0. The molecule has 1 aromatic carbocycles. The number of pyridine rings is 1. The van der Waals surface area contributed by atoms with E-state index in [2.05, 4.69) is 31.6 Å². The summed E-state index contributed by atoms with van der Waals surface area (Å²) in [5, 5.41) is 3.80. The van der Waals surface area contributed by atoms with Gasteiger partial charge in [0.1, 0.15) is 10.4 Å². The SMILES string of the molecule is O=C(Nc1ccc(-c2cc3c(s2)c(=O)ncn3[CH2][Al])cc1Cl)c1ccccn1. The third-order valence-corrected chi connectivity index (χ3v) is 5.99. The number of halogens is 1. The van der Waals surface area contributed by atoms with Gasteiger partial charge in [-0.25, -0.2) is 0 Å². The van der Waals surface area contributed by atoms with Gasteiger partial charge in [-0.05, 0) is 41.3 Å². The molecule has 0 spiro atoms. The zero-order valence-corrected chi connectivity index (χ0v) is 17.2. The molecule has 136 valence electrons. The fraction of sp³-hybridized carbons (Fsp3) is 0.0526. The minimum atomic E-state index is -0.333. The Hall–Kier alpha value is -2.50. The van der Waals surface area contributed by atoms with Crippen molar-refractivity contribution < 1.29 is 4.79 Å². The van der Waals surface area contributed by atoms with Crippen molar-refractivity contribution in [2.45, 2.75) is 5.41 Å². The minimum absolute atomic E-state index is 0.244. The number of hydrogen-bond acceptors (Lipinski definition) is 5. The highest BCUT2D eigenvalue weighted by Gasteiger charge is 2.13. The lowest BCUT2D eigenvalue weighted by atomic mass is 10.1. The molecule has 0 bridgehead atoms. The van der Waals surface area contributed by atoms with Gasteiger partial charge < -0.3 is 9.88 Å². The van der Waals surface area contributed by atoms with Crippen molar-refractivity contribution in [2.75, 3.05) is 5.32 Å². The normalized spacial score (nSPS) is 10.9. The fourth-order valence-electron chi connectivity index (χ4n) is 2.73. The third-order valence-electron chi connectivity index (χ3n) is 4.13. The van der Waals surface area contributed by atoms with Crippen molar-refractivity contribution in [1.82, 2.24) is 14.5 Å². The van der Waals surface area contributed by atoms with Crippen LogP contribution in [0.2, 0.25) is 5.02 Å². The number of amides is 1. The molecule has 0 saturated heterocycles. The Kier molecular flexibility index (Phi) is 5.29. The van der Waals surface area contributed by atoms with E-state index in [0.717, 1.165) is 16.0 Å². The minimum Gasteiger partial charge on any atom is -0.347 e. The first-order valence-corrected chi connectivity index (χ1v) is 10.3. The molecule has 0 aliphatic rings. The smallest absolute Gasteiger partial charge is 0.290 e. The average molecular weight is 423 g/mol. The molecule has 2 radical (unpaired) electrons. The lowest BCUT2D eigenvalue weighted by Crippen LogP contribution is -2.13. The topological polar surface area (TPSA) is 76.9 Å². The number of fused-ring (bicyclic) bond motifs is 1. The van der Waals surface area contributed by atoms with Crippen molar-refractivity contribution in [3.05, 3.63) is 76.1 Å². The van der Waals surface area contributed by atoms with E-state index >= 15 is 0 Å². The molecule has 0 unspecified atom stereocenters. The number of nitrogens with zero attached hydrogens (tertiary/aromatic N) is 3. The predicted octanol–water partition coefficient (Wildman–Crippen LogP) is 3.55. The Morgan fingerprint density at radius 1 is 1.21 bits per heavy atom. The first-order chi connectivity index (χ1) is 13.6. The summed E-state index contributed by atoms with van der Waals surface area (Å²) in [6, 6.07) is 12.4. The zero-order valence-electron chi connectivity index (χ0n) is 14.4. The summed E-state index contributed by atoms with van der Waals surface area (Å²) in [5.74, 6) is -0.333. The number of benzene rings is 1. The van der Waals surface area contributed by atoms with Crippen LogP contribution in [-0.4, -0.2) is 36.7 Å². The van der Waals surface area contributed by atoms with Crippen LogP contribution in [0.4, 0.5) is 5.69 Å². The molecule has 4 rings (SSSR count). The summed E-state index contributed by atoms with van der Waals surface area (Å²) in [4.78, 5) is 33.2. The van der Waals surface area contributed by atoms with E-state index in [1.165, 1.54) is 17.7 Å². The lowest BCUT2D eigenvalue weighted by molar-refractivity contribution is 0.102. The third kappa shape index (κ3) is 3.60. The van der Waals surface area contributed by atoms with E-state index in [-0.39, 0.29) is 11.5 Å². The second kappa shape index (κ2) is 7.86. The van der Waals surface area contributed by atoms with Crippen molar-refractivity contribution in [2.24, 2.45) is 0 Å². The number of nitrogens with one attached hydrogen (secondary N) is 1. The maximum Gasteiger partial charge on any atom is 0.290 e. The molecule has 0 atom stereocenters. The van der Waals surface area contributed by atoms with E-state index in [9.17, 15) is 9.59 Å². The second-order valence-corrected chi connectivity index (χ2v) is 7.72. The molecule has 0 aliphatic heterocycles. The van der Waals surface area contributed by atoms with E-state index in [1.54, 1.807) is 36.5 Å². The highest BCUT2D eigenvalue weighted by atomic mass is 35.5. The van der Waals surface area contributed by atoms with Crippen LogP contribution in [0.25, 0.3) is 20.7 Å². The number of aromatic nitrogens is 3. The summed E-state index contributed by atoms with van der Waals surface area (Å²) >= 11 is 10.4. The summed E-state index contributed by atoms with van der Waals surface area (Å²) in [6.07, 6.45) is 3.10. The predicted molar refractivity (Wildman–Crippen MR) is 112 cm³/mol. The molecule has 3 heterocycles. The van der Waals surface area contributed by atoms with Crippen molar-refractivity contribution in [1.29, 1.82) is 0 Å². The van der Waals surface area contributed by atoms with Crippen molar-refractivity contribution >= 4 is 61.0 Å². The molecule has 4 aromatic rings. The number of anilines is 1. The van der Waals surface area contributed by atoms with Crippen molar-refractivity contribution in [3.8, 4) is 10.4 Å². The van der Waals surface area contributed by atoms with Crippen LogP contribution in [0, 0.1) is 0 Å². The molecule has 1 N–H and O–H groups in total. The molecule has 0 saturated carbocycles. The van der Waals surface area contributed by atoms with E-state index in [4.69, 9.17) is 11.6 Å². The number of rotatable bonds is 4.